The molecule has 1 atom stereocenters. The molecule has 1 saturated heterocycles. The van der Waals surface area contributed by atoms with Crippen LogP contribution in [0.2, 0.25) is 0 Å². The summed E-state index contributed by atoms with van der Waals surface area (Å²) in [5, 5.41) is 5.77. The van der Waals surface area contributed by atoms with E-state index in [-0.39, 0.29) is 6.03 Å². The van der Waals surface area contributed by atoms with Gasteiger partial charge in [0.1, 0.15) is 0 Å². The number of amides is 2. The number of benzene rings is 2. The van der Waals surface area contributed by atoms with Gasteiger partial charge in [0.05, 0.1) is 0 Å². The minimum Gasteiger partial charge on any atom is -0.371 e. The van der Waals surface area contributed by atoms with Crippen molar-refractivity contribution in [3.8, 4) is 0 Å². The van der Waals surface area contributed by atoms with Gasteiger partial charge >= 0.3 is 6.03 Å². The molecule has 0 aromatic heterocycles. The Morgan fingerprint density at radius 3 is 2.63 bits per heavy atom. The van der Waals surface area contributed by atoms with Gasteiger partial charge in [0.25, 0.3) is 0 Å². The van der Waals surface area contributed by atoms with Crippen LogP contribution in [0.3, 0.4) is 0 Å². The number of urea groups is 1. The highest BCUT2D eigenvalue weighted by Crippen LogP contribution is 2.24. The van der Waals surface area contributed by atoms with E-state index in [0.717, 1.165) is 25.5 Å². The summed E-state index contributed by atoms with van der Waals surface area (Å²) in [4.78, 5) is 14.0. The van der Waals surface area contributed by atoms with Crippen molar-refractivity contribution in [3.05, 3.63) is 65.2 Å². The fourth-order valence-electron chi connectivity index (χ4n) is 3.29. The van der Waals surface area contributed by atoms with E-state index in [9.17, 15) is 13.6 Å². The van der Waals surface area contributed by atoms with Crippen LogP contribution < -0.4 is 15.5 Å². The monoisotopic (exact) mass is 373 g/mol. The summed E-state index contributed by atoms with van der Waals surface area (Å²) in [6, 6.07) is 12.1. The molecule has 144 valence electrons. The van der Waals surface area contributed by atoms with Crippen LogP contribution in [0.25, 0.3) is 0 Å². The number of hydrogen-bond donors (Lipinski definition) is 2. The topological polar surface area (TPSA) is 44.4 Å². The van der Waals surface area contributed by atoms with Gasteiger partial charge in [-0.1, -0.05) is 29.8 Å². The number of carbonyl (C=O) groups is 1. The molecule has 3 rings (SSSR count). The van der Waals surface area contributed by atoms with Gasteiger partial charge in [-0.2, -0.15) is 0 Å². The van der Waals surface area contributed by atoms with E-state index in [1.54, 1.807) is 6.07 Å². The molecule has 1 heterocycles. The first-order valence-corrected chi connectivity index (χ1v) is 9.28. The summed E-state index contributed by atoms with van der Waals surface area (Å²) < 4.78 is 26.4. The highest BCUT2D eigenvalue weighted by molar-refractivity contribution is 5.73. The number of rotatable bonds is 6. The summed E-state index contributed by atoms with van der Waals surface area (Å²) in [6.07, 6.45) is 1.70. The van der Waals surface area contributed by atoms with Crippen LogP contribution in [0, 0.1) is 24.5 Å². The normalized spacial score (nSPS) is 16.4. The molecule has 0 radical (unpaired) electrons. The van der Waals surface area contributed by atoms with Crippen molar-refractivity contribution in [1.82, 2.24) is 10.6 Å². The van der Waals surface area contributed by atoms with E-state index in [1.165, 1.54) is 17.2 Å². The Bertz CT molecular complexity index is 779. The van der Waals surface area contributed by atoms with Crippen LogP contribution in [0.1, 0.15) is 17.5 Å². The maximum atomic E-state index is 13.4. The fourth-order valence-corrected chi connectivity index (χ4v) is 3.29. The Labute approximate surface area is 158 Å². The lowest BCUT2D eigenvalue weighted by Gasteiger charge is -2.19. The molecule has 1 unspecified atom stereocenters. The number of nitrogens with one attached hydrogen (secondary N) is 2. The number of nitrogens with zero attached hydrogens (tertiary/aromatic N) is 1. The van der Waals surface area contributed by atoms with Crippen LogP contribution in [0.5, 0.6) is 0 Å². The van der Waals surface area contributed by atoms with Crippen molar-refractivity contribution in [2.45, 2.75) is 19.8 Å². The second-order valence-corrected chi connectivity index (χ2v) is 7.07. The molecule has 2 amide bonds. The zero-order valence-corrected chi connectivity index (χ0v) is 15.5. The molecule has 0 saturated carbocycles. The third kappa shape index (κ3) is 5.42. The van der Waals surface area contributed by atoms with Gasteiger partial charge in [0.15, 0.2) is 11.6 Å². The van der Waals surface area contributed by atoms with E-state index in [2.05, 4.69) is 34.9 Å². The van der Waals surface area contributed by atoms with Gasteiger partial charge in [-0.05, 0) is 43.4 Å². The molecule has 1 fully saturated rings. The Hall–Kier alpha value is -2.63. The molecule has 0 bridgehead atoms. The fraction of sp³-hybridized carbons (Fsp3) is 0.381. The van der Waals surface area contributed by atoms with Crippen molar-refractivity contribution >= 4 is 11.7 Å². The maximum Gasteiger partial charge on any atom is 0.314 e. The van der Waals surface area contributed by atoms with Crippen molar-refractivity contribution in [2.75, 3.05) is 31.1 Å². The number of hydrogen-bond acceptors (Lipinski definition) is 2. The molecule has 1 aliphatic rings. The van der Waals surface area contributed by atoms with E-state index < -0.39 is 11.6 Å². The standard InChI is InChI=1S/C21H25F2N3O/c1-15-2-4-16(5-3-15)8-10-24-21(27)25-13-17-9-11-26(14-17)18-6-7-19(22)20(23)12-18/h2-7,12,17H,8-11,13-14H2,1H3,(H2,24,25,27). The van der Waals surface area contributed by atoms with Gasteiger partial charge in [0.2, 0.25) is 0 Å². The smallest absolute Gasteiger partial charge is 0.314 e. The zero-order chi connectivity index (χ0) is 19.2. The third-order valence-electron chi connectivity index (χ3n) is 4.93. The first-order chi connectivity index (χ1) is 13.0. The second kappa shape index (κ2) is 8.84. The minimum absolute atomic E-state index is 0.173. The Morgan fingerprint density at radius 1 is 1.11 bits per heavy atom. The van der Waals surface area contributed by atoms with Crippen LogP contribution in [-0.4, -0.2) is 32.2 Å². The van der Waals surface area contributed by atoms with Crippen molar-refractivity contribution in [2.24, 2.45) is 5.92 Å². The van der Waals surface area contributed by atoms with Crippen LogP contribution in [0.4, 0.5) is 19.3 Å². The van der Waals surface area contributed by atoms with Crippen molar-refractivity contribution in [1.29, 1.82) is 0 Å². The van der Waals surface area contributed by atoms with E-state index in [0.29, 0.717) is 31.2 Å². The summed E-state index contributed by atoms with van der Waals surface area (Å²) >= 11 is 0. The first-order valence-electron chi connectivity index (χ1n) is 9.28. The van der Waals surface area contributed by atoms with E-state index in [4.69, 9.17) is 0 Å². The Morgan fingerprint density at radius 2 is 1.89 bits per heavy atom. The molecule has 6 heteroatoms. The van der Waals surface area contributed by atoms with Crippen LogP contribution >= 0.6 is 0 Å². The molecule has 27 heavy (non-hydrogen) atoms. The quantitative estimate of drug-likeness (QED) is 0.812. The first kappa shape index (κ1) is 19.1. The molecule has 2 aromatic carbocycles. The van der Waals surface area contributed by atoms with Crippen molar-refractivity contribution in [3.63, 3.8) is 0 Å². The average Bonchev–Trinajstić information content (AvgIpc) is 3.13. The maximum absolute atomic E-state index is 13.4. The lowest BCUT2D eigenvalue weighted by Crippen LogP contribution is -2.39. The van der Waals surface area contributed by atoms with E-state index in [1.807, 2.05) is 11.8 Å². The number of halogens is 2. The summed E-state index contributed by atoms with van der Waals surface area (Å²) in [5.41, 5.74) is 3.09. The number of aryl methyl sites for hydroxylation is 1. The summed E-state index contributed by atoms with van der Waals surface area (Å²) in [6.45, 7) is 4.68. The van der Waals surface area contributed by atoms with Gasteiger partial charge in [-0.3, -0.25) is 0 Å². The molecule has 0 aliphatic carbocycles. The summed E-state index contributed by atoms with van der Waals surface area (Å²) in [5.74, 6) is -1.37. The van der Waals surface area contributed by atoms with Gasteiger partial charge < -0.3 is 15.5 Å². The summed E-state index contributed by atoms with van der Waals surface area (Å²) in [7, 11) is 0. The van der Waals surface area contributed by atoms with E-state index >= 15 is 0 Å². The van der Waals surface area contributed by atoms with Gasteiger partial charge in [-0.25, -0.2) is 13.6 Å². The molecule has 1 aliphatic heterocycles. The highest BCUT2D eigenvalue weighted by Gasteiger charge is 2.23. The predicted octanol–water partition coefficient (Wildman–Crippen LogP) is 3.64. The van der Waals surface area contributed by atoms with Gasteiger partial charge in [0, 0.05) is 37.9 Å². The lowest BCUT2D eigenvalue weighted by atomic mass is 10.1. The Balaban J connectivity index is 1.37. The average molecular weight is 373 g/mol. The number of anilines is 1. The lowest BCUT2D eigenvalue weighted by molar-refractivity contribution is 0.239. The molecule has 0 spiro atoms. The SMILES string of the molecule is Cc1ccc(CCNC(=O)NCC2CCN(c3ccc(F)c(F)c3)C2)cc1. The minimum atomic E-state index is -0.835. The second-order valence-electron chi connectivity index (χ2n) is 7.07. The molecule has 2 aromatic rings. The molecule has 4 nitrogen and oxygen atoms in total. The predicted molar refractivity (Wildman–Crippen MR) is 103 cm³/mol. The van der Waals surface area contributed by atoms with Gasteiger partial charge in [-0.15, -0.1) is 0 Å². The largest absolute Gasteiger partial charge is 0.371 e. The third-order valence-corrected chi connectivity index (χ3v) is 4.93. The zero-order valence-electron chi connectivity index (χ0n) is 15.5. The molecular weight excluding hydrogens is 348 g/mol. The van der Waals surface area contributed by atoms with Crippen LogP contribution in [0.15, 0.2) is 42.5 Å². The highest BCUT2D eigenvalue weighted by atomic mass is 19.2. The molecule has 2 N–H and O–H groups in total. The molecular formula is C21H25F2N3O. The van der Waals surface area contributed by atoms with Crippen LogP contribution in [-0.2, 0) is 6.42 Å². The Kier molecular flexibility index (Phi) is 6.27. The number of carbonyl (C=O) groups excluding carboxylic acids is 1. The van der Waals surface area contributed by atoms with Crippen molar-refractivity contribution < 1.29 is 13.6 Å².